The van der Waals surface area contributed by atoms with Gasteiger partial charge in [-0.15, -0.1) is 11.3 Å². The van der Waals surface area contributed by atoms with Crippen LogP contribution in [0.25, 0.3) is 0 Å². The van der Waals surface area contributed by atoms with E-state index in [2.05, 4.69) is 23.7 Å². The Kier molecular flexibility index (Phi) is 10.1. The Bertz CT molecular complexity index is 1050. The third-order valence-electron chi connectivity index (χ3n) is 8.48. The van der Waals surface area contributed by atoms with Crippen LogP contribution in [0, 0.1) is 35.0 Å². The van der Waals surface area contributed by atoms with Crippen LogP contribution in [0.1, 0.15) is 87.2 Å². The molecule has 2 heterocycles. The summed E-state index contributed by atoms with van der Waals surface area (Å²) >= 11 is 1.19. The van der Waals surface area contributed by atoms with Crippen molar-refractivity contribution in [1.82, 2.24) is 4.90 Å². The number of carboxylic acids is 1. The van der Waals surface area contributed by atoms with Crippen molar-refractivity contribution in [2.75, 3.05) is 44.9 Å². The lowest BCUT2D eigenvalue weighted by Crippen LogP contribution is -2.51. The highest BCUT2D eigenvalue weighted by Crippen LogP contribution is 2.40. The number of nitrogens with zero attached hydrogens (tertiary/aromatic N) is 2. The molecule has 0 aromatic carbocycles. The van der Waals surface area contributed by atoms with E-state index < -0.39 is 5.97 Å². The highest BCUT2D eigenvalue weighted by atomic mass is 32.1. The van der Waals surface area contributed by atoms with Gasteiger partial charge in [0.1, 0.15) is 4.88 Å². The normalized spacial score (nSPS) is 28.4. The van der Waals surface area contributed by atoms with Crippen LogP contribution in [0.3, 0.4) is 0 Å². The lowest BCUT2D eigenvalue weighted by atomic mass is 9.79. The van der Waals surface area contributed by atoms with Crippen LogP contribution in [0.2, 0.25) is 0 Å². The average Bonchev–Trinajstić information content (AvgIpc) is 3.33. The molecule has 3 aliphatic rings. The molecule has 4 rings (SSSR count). The van der Waals surface area contributed by atoms with E-state index in [1.165, 1.54) is 11.3 Å². The fraction of sp³-hybridized carbons (Fsp3) is 0.742. The summed E-state index contributed by atoms with van der Waals surface area (Å²) in [6, 6.07) is 1.79. The number of carbonyl (C=O) groups is 2. The fourth-order valence-electron chi connectivity index (χ4n) is 6.29. The zero-order chi connectivity index (χ0) is 28.2. The highest BCUT2D eigenvalue weighted by Gasteiger charge is 2.41. The van der Waals surface area contributed by atoms with Gasteiger partial charge in [-0.3, -0.25) is 9.69 Å². The molecule has 0 bridgehead atoms. The van der Waals surface area contributed by atoms with Gasteiger partial charge in [0.25, 0.3) is 0 Å². The van der Waals surface area contributed by atoms with Crippen molar-refractivity contribution in [1.29, 1.82) is 0 Å². The summed E-state index contributed by atoms with van der Waals surface area (Å²) < 4.78 is 11.5. The molecule has 2 aliphatic carbocycles. The SMILES string of the molecule is CO[C@@H]1CC[C@@H](N(c2cc(C#CC(C)(C)C)sc2C(=O)O)C(=O)[C@H]2CC[C@H](C)CC2)C[C@H]1CN1CCOCC1. The number of ether oxygens (including phenoxy) is 2. The summed E-state index contributed by atoms with van der Waals surface area (Å²) in [6.45, 7) is 12.6. The summed E-state index contributed by atoms with van der Waals surface area (Å²) in [6.07, 6.45) is 6.38. The van der Waals surface area contributed by atoms with Gasteiger partial charge in [-0.2, -0.15) is 0 Å². The average molecular weight is 559 g/mol. The third kappa shape index (κ3) is 7.85. The number of methoxy groups -OCH3 is 1. The number of hydrogen-bond acceptors (Lipinski definition) is 6. The van der Waals surface area contributed by atoms with Gasteiger partial charge in [0, 0.05) is 44.1 Å². The van der Waals surface area contributed by atoms with Crippen molar-refractivity contribution in [2.45, 2.75) is 84.8 Å². The molecule has 1 saturated heterocycles. The number of rotatable bonds is 7. The Labute approximate surface area is 238 Å². The molecule has 1 aromatic rings. The van der Waals surface area contributed by atoms with Gasteiger partial charge in [0.05, 0.1) is 29.9 Å². The number of thiophene rings is 1. The molecule has 39 heavy (non-hydrogen) atoms. The predicted molar refractivity (Wildman–Crippen MR) is 155 cm³/mol. The number of amides is 1. The molecular formula is C31H46N2O5S. The third-order valence-corrected chi connectivity index (χ3v) is 9.51. The first-order valence-corrected chi connectivity index (χ1v) is 15.4. The molecule has 8 heteroatoms. The van der Waals surface area contributed by atoms with Gasteiger partial charge in [-0.05, 0) is 83.6 Å². The molecule has 1 N–H and O–H groups in total. The van der Waals surface area contributed by atoms with Crippen LogP contribution in [0.15, 0.2) is 6.07 Å². The summed E-state index contributed by atoms with van der Waals surface area (Å²) in [7, 11) is 1.78. The maximum Gasteiger partial charge on any atom is 0.348 e. The largest absolute Gasteiger partial charge is 0.477 e. The Hall–Kier alpha value is -1.92. The minimum absolute atomic E-state index is 0.0644. The number of morpholine rings is 1. The zero-order valence-corrected chi connectivity index (χ0v) is 25.1. The molecule has 1 aliphatic heterocycles. The molecule has 3 fully saturated rings. The minimum Gasteiger partial charge on any atom is -0.477 e. The van der Waals surface area contributed by atoms with Crippen LogP contribution in [0.5, 0.6) is 0 Å². The number of aromatic carboxylic acids is 1. The van der Waals surface area contributed by atoms with E-state index in [0.29, 0.717) is 16.5 Å². The minimum atomic E-state index is -0.996. The van der Waals surface area contributed by atoms with Gasteiger partial charge in [0.2, 0.25) is 5.91 Å². The maximum absolute atomic E-state index is 14.3. The first-order chi connectivity index (χ1) is 18.6. The monoisotopic (exact) mass is 558 g/mol. The zero-order valence-electron chi connectivity index (χ0n) is 24.3. The van der Waals surface area contributed by atoms with Crippen molar-refractivity contribution < 1.29 is 24.2 Å². The standard InChI is InChI=1S/C31H46N2O5S/c1-21-6-8-22(9-7-21)29(34)33(26-19-25(12-13-31(2,3)4)39-28(26)30(35)36)24-10-11-27(37-5)23(18-24)20-32-14-16-38-17-15-32/h19,21-24,27H,6-11,14-18,20H2,1-5H3,(H,35,36)/t21-,22-,23-,24+,27+/m0/s1. The molecule has 1 amide bonds. The van der Waals surface area contributed by atoms with Crippen molar-refractivity contribution in [3.05, 3.63) is 15.8 Å². The van der Waals surface area contributed by atoms with E-state index in [9.17, 15) is 14.7 Å². The summed E-state index contributed by atoms with van der Waals surface area (Å²) in [5.41, 5.74) is 0.327. The van der Waals surface area contributed by atoms with Gasteiger partial charge < -0.3 is 19.5 Å². The molecule has 1 aromatic heterocycles. The van der Waals surface area contributed by atoms with Crippen molar-refractivity contribution in [2.24, 2.45) is 23.2 Å². The molecule has 2 saturated carbocycles. The van der Waals surface area contributed by atoms with Crippen molar-refractivity contribution >= 4 is 28.9 Å². The quantitative estimate of drug-likeness (QED) is 0.444. The van der Waals surface area contributed by atoms with Gasteiger partial charge >= 0.3 is 5.97 Å². The highest BCUT2D eigenvalue weighted by molar-refractivity contribution is 7.15. The molecule has 3 atom stereocenters. The first kappa shape index (κ1) is 30.0. The number of carbonyl (C=O) groups excluding carboxylic acids is 1. The van der Waals surface area contributed by atoms with E-state index in [4.69, 9.17) is 9.47 Å². The van der Waals surface area contributed by atoms with Crippen LogP contribution >= 0.6 is 11.3 Å². The number of anilines is 1. The second kappa shape index (κ2) is 13.2. The Morgan fingerprint density at radius 2 is 1.85 bits per heavy atom. The predicted octanol–water partition coefficient (Wildman–Crippen LogP) is 5.52. The van der Waals surface area contributed by atoms with Gasteiger partial charge in [-0.25, -0.2) is 4.79 Å². The second-order valence-electron chi connectivity index (χ2n) is 12.7. The van der Waals surface area contributed by atoms with E-state index in [0.717, 1.165) is 77.8 Å². The second-order valence-corrected chi connectivity index (χ2v) is 13.8. The summed E-state index contributed by atoms with van der Waals surface area (Å²) in [4.78, 5) is 32.0. The maximum atomic E-state index is 14.3. The molecule has 0 spiro atoms. The van der Waals surface area contributed by atoms with Crippen molar-refractivity contribution in [3.63, 3.8) is 0 Å². The molecule has 216 valence electrons. The Morgan fingerprint density at radius 1 is 1.15 bits per heavy atom. The van der Waals surface area contributed by atoms with Crippen LogP contribution in [0.4, 0.5) is 5.69 Å². The molecular weight excluding hydrogens is 512 g/mol. The molecule has 7 nitrogen and oxygen atoms in total. The smallest absolute Gasteiger partial charge is 0.348 e. The topological polar surface area (TPSA) is 79.3 Å². The van der Waals surface area contributed by atoms with E-state index in [1.807, 2.05) is 31.7 Å². The number of carboxylic acid groups (broad SMARTS) is 1. The Balaban J connectivity index is 1.68. The lowest BCUT2D eigenvalue weighted by Gasteiger charge is -2.44. The lowest BCUT2D eigenvalue weighted by molar-refractivity contribution is -0.124. The number of hydrogen-bond donors (Lipinski definition) is 1. The summed E-state index contributed by atoms with van der Waals surface area (Å²) in [5.74, 6) is 6.34. The summed E-state index contributed by atoms with van der Waals surface area (Å²) in [5, 5.41) is 10.2. The van der Waals surface area contributed by atoms with Crippen LogP contribution < -0.4 is 4.90 Å². The van der Waals surface area contributed by atoms with Crippen molar-refractivity contribution in [3.8, 4) is 11.8 Å². The van der Waals surface area contributed by atoms with Gasteiger partial charge in [-0.1, -0.05) is 18.8 Å². The van der Waals surface area contributed by atoms with Crippen LogP contribution in [-0.4, -0.2) is 74.0 Å². The first-order valence-electron chi connectivity index (χ1n) is 14.6. The van der Waals surface area contributed by atoms with Crippen LogP contribution in [-0.2, 0) is 14.3 Å². The fourth-order valence-corrected chi connectivity index (χ4v) is 7.13. The van der Waals surface area contributed by atoms with Gasteiger partial charge in [0.15, 0.2) is 0 Å². The van der Waals surface area contributed by atoms with E-state index in [-0.39, 0.29) is 40.2 Å². The molecule has 0 radical (unpaired) electrons. The Morgan fingerprint density at radius 3 is 2.46 bits per heavy atom. The van der Waals surface area contributed by atoms with E-state index in [1.54, 1.807) is 7.11 Å². The van der Waals surface area contributed by atoms with E-state index >= 15 is 0 Å². The molecule has 0 unspecified atom stereocenters.